The van der Waals surface area contributed by atoms with E-state index in [1.807, 2.05) is 60.7 Å². The molecule has 0 radical (unpaired) electrons. The van der Waals surface area contributed by atoms with E-state index in [0.717, 1.165) is 11.1 Å². The van der Waals surface area contributed by atoms with Gasteiger partial charge in [0.05, 0.1) is 10.9 Å². The Labute approximate surface area is 155 Å². The Bertz CT molecular complexity index is 939. The molecule has 132 valence electrons. The maximum absolute atomic E-state index is 12.9. The Balaban J connectivity index is 2.03. The Hall–Kier alpha value is -2.69. The molecule has 26 heavy (non-hydrogen) atoms. The van der Waals surface area contributed by atoms with E-state index in [0.29, 0.717) is 0 Å². The monoisotopic (exact) mass is 363 g/mol. The number of sulfonamides is 1. The molecule has 0 aliphatic carbocycles. The molecule has 4 heteroatoms. The molecule has 0 aliphatic rings. The molecule has 0 bridgehead atoms. The van der Waals surface area contributed by atoms with Crippen LogP contribution in [0.2, 0.25) is 0 Å². The third-order valence-electron chi connectivity index (χ3n) is 4.29. The van der Waals surface area contributed by atoms with Gasteiger partial charge < -0.3 is 0 Å². The maximum Gasteiger partial charge on any atom is 0.241 e. The summed E-state index contributed by atoms with van der Waals surface area (Å²) in [6.07, 6.45) is 1.79. The first-order chi connectivity index (χ1) is 12.6. The molecule has 0 saturated heterocycles. The van der Waals surface area contributed by atoms with Crippen LogP contribution >= 0.6 is 0 Å². The van der Waals surface area contributed by atoms with Gasteiger partial charge in [0.2, 0.25) is 10.0 Å². The average molecular weight is 363 g/mol. The molecule has 0 spiro atoms. The summed E-state index contributed by atoms with van der Waals surface area (Å²) in [5.74, 6) is -0.197. The Morgan fingerprint density at radius 2 is 1.19 bits per heavy atom. The van der Waals surface area contributed by atoms with Gasteiger partial charge >= 0.3 is 0 Å². The molecule has 0 aliphatic heterocycles. The Morgan fingerprint density at radius 3 is 1.69 bits per heavy atom. The third-order valence-corrected chi connectivity index (χ3v) is 5.75. The van der Waals surface area contributed by atoms with Crippen LogP contribution < -0.4 is 4.72 Å². The fourth-order valence-electron chi connectivity index (χ4n) is 2.98. The first-order valence-corrected chi connectivity index (χ1v) is 9.90. The van der Waals surface area contributed by atoms with E-state index in [2.05, 4.69) is 11.3 Å². The molecular formula is C22H21NO2S. The summed E-state index contributed by atoms with van der Waals surface area (Å²) >= 11 is 0. The normalized spacial score (nSPS) is 13.7. The molecule has 3 aromatic rings. The molecule has 0 heterocycles. The van der Waals surface area contributed by atoms with Crippen LogP contribution in [-0.4, -0.2) is 8.42 Å². The molecule has 0 saturated carbocycles. The summed E-state index contributed by atoms with van der Waals surface area (Å²) in [5.41, 5.74) is 1.90. The molecule has 3 nitrogen and oxygen atoms in total. The predicted octanol–water partition coefficient (Wildman–Crippen LogP) is 4.68. The summed E-state index contributed by atoms with van der Waals surface area (Å²) in [4.78, 5) is 0.247. The molecule has 0 fully saturated rings. The third kappa shape index (κ3) is 4.10. The predicted molar refractivity (Wildman–Crippen MR) is 105 cm³/mol. The van der Waals surface area contributed by atoms with Gasteiger partial charge in [0.15, 0.2) is 0 Å². The lowest BCUT2D eigenvalue weighted by Crippen LogP contribution is -2.32. The second-order valence-corrected chi connectivity index (χ2v) is 7.71. The highest BCUT2D eigenvalue weighted by Gasteiger charge is 2.27. The van der Waals surface area contributed by atoms with Crippen molar-refractivity contribution >= 4 is 10.0 Å². The van der Waals surface area contributed by atoms with Crippen LogP contribution in [0.1, 0.15) is 23.1 Å². The van der Waals surface area contributed by atoms with Gasteiger partial charge in [-0.15, -0.1) is 6.58 Å². The topological polar surface area (TPSA) is 46.2 Å². The van der Waals surface area contributed by atoms with Crippen LogP contribution in [0.5, 0.6) is 0 Å². The van der Waals surface area contributed by atoms with Gasteiger partial charge in [-0.1, -0.05) is 84.9 Å². The number of hydrogen-bond acceptors (Lipinski definition) is 2. The zero-order valence-electron chi connectivity index (χ0n) is 14.3. The Morgan fingerprint density at radius 1 is 0.731 bits per heavy atom. The van der Waals surface area contributed by atoms with E-state index in [1.54, 1.807) is 36.4 Å². The highest BCUT2D eigenvalue weighted by atomic mass is 32.2. The summed E-state index contributed by atoms with van der Waals surface area (Å²) in [6.45, 7) is 3.95. The number of hydrogen-bond donors (Lipinski definition) is 1. The molecular weight excluding hydrogens is 342 g/mol. The second kappa shape index (κ2) is 8.13. The zero-order valence-corrected chi connectivity index (χ0v) is 15.1. The Kier molecular flexibility index (Phi) is 5.66. The smallest absolute Gasteiger partial charge is 0.207 e. The fraction of sp³-hybridized carbons (Fsp3) is 0.0909. The van der Waals surface area contributed by atoms with E-state index in [4.69, 9.17) is 0 Å². The molecule has 0 amide bonds. The summed E-state index contributed by atoms with van der Waals surface area (Å²) in [6, 6.07) is 27.3. The standard InChI is InChI=1S/C22H21NO2S/c1-2-21(18-12-6-3-7-13-18)22(19-14-8-4-9-15-19)23-26(24,25)20-16-10-5-11-17-20/h2-17,21-23H,1H2. The zero-order chi connectivity index (χ0) is 18.4. The van der Waals surface area contributed by atoms with E-state index in [9.17, 15) is 8.42 Å². The minimum atomic E-state index is -3.67. The van der Waals surface area contributed by atoms with Gasteiger partial charge in [0, 0.05) is 5.92 Å². The van der Waals surface area contributed by atoms with Gasteiger partial charge in [-0.3, -0.25) is 0 Å². The molecule has 3 rings (SSSR count). The first kappa shape index (κ1) is 18.1. The van der Waals surface area contributed by atoms with Gasteiger partial charge in [-0.05, 0) is 23.3 Å². The lowest BCUT2D eigenvalue weighted by atomic mass is 9.88. The van der Waals surface area contributed by atoms with Crippen molar-refractivity contribution in [3.8, 4) is 0 Å². The second-order valence-electron chi connectivity index (χ2n) is 5.99. The molecule has 2 unspecified atom stereocenters. The maximum atomic E-state index is 12.9. The van der Waals surface area contributed by atoms with E-state index < -0.39 is 16.1 Å². The van der Waals surface area contributed by atoms with E-state index in [1.165, 1.54) is 0 Å². The molecule has 1 N–H and O–H groups in total. The first-order valence-electron chi connectivity index (χ1n) is 8.41. The van der Waals surface area contributed by atoms with Crippen molar-refractivity contribution < 1.29 is 8.42 Å². The van der Waals surface area contributed by atoms with Crippen molar-refractivity contribution in [3.05, 3.63) is 115 Å². The quantitative estimate of drug-likeness (QED) is 0.620. The SMILES string of the molecule is C=CC(c1ccccc1)C(NS(=O)(=O)c1ccccc1)c1ccccc1. The lowest BCUT2D eigenvalue weighted by molar-refractivity contribution is 0.536. The largest absolute Gasteiger partial charge is 0.241 e. The van der Waals surface area contributed by atoms with Crippen molar-refractivity contribution in [3.63, 3.8) is 0 Å². The number of benzene rings is 3. The minimum Gasteiger partial charge on any atom is -0.207 e. The van der Waals surface area contributed by atoms with Crippen molar-refractivity contribution in [1.29, 1.82) is 0 Å². The highest BCUT2D eigenvalue weighted by molar-refractivity contribution is 7.89. The van der Waals surface area contributed by atoms with E-state index >= 15 is 0 Å². The molecule has 2 atom stereocenters. The van der Waals surface area contributed by atoms with Gasteiger partial charge in [-0.2, -0.15) is 0 Å². The molecule has 3 aromatic carbocycles. The van der Waals surface area contributed by atoms with Crippen LogP contribution in [0, 0.1) is 0 Å². The minimum absolute atomic E-state index is 0.197. The van der Waals surface area contributed by atoms with Crippen LogP contribution in [0.25, 0.3) is 0 Å². The number of nitrogens with one attached hydrogen (secondary N) is 1. The van der Waals surface area contributed by atoms with Crippen LogP contribution in [-0.2, 0) is 10.0 Å². The van der Waals surface area contributed by atoms with Gasteiger partial charge in [0.25, 0.3) is 0 Å². The van der Waals surface area contributed by atoms with Crippen LogP contribution in [0.4, 0.5) is 0 Å². The van der Waals surface area contributed by atoms with Crippen LogP contribution in [0.15, 0.2) is 109 Å². The van der Waals surface area contributed by atoms with Gasteiger partial charge in [-0.25, -0.2) is 13.1 Å². The van der Waals surface area contributed by atoms with Gasteiger partial charge in [0.1, 0.15) is 0 Å². The van der Waals surface area contributed by atoms with Crippen molar-refractivity contribution in [2.24, 2.45) is 0 Å². The van der Waals surface area contributed by atoms with Crippen molar-refractivity contribution in [2.45, 2.75) is 16.9 Å². The van der Waals surface area contributed by atoms with Crippen LogP contribution in [0.3, 0.4) is 0 Å². The van der Waals surface area contributed by atoms with Crippen molar-refractivity contribution in [1.82, 2.24) is 4.72 Å². The summed E-state index contributed by atoms with van der Waals surface area (Å²) in [5, 5.41) is 0. The van der Waals surface area contributed by atoms with Crippen molar-refractivity contribution in [2.75, 3.05) is 0 Å². The number of rotatable bonds is 7. The highest BCUT2D eigenvalue weighted by Crippen LogP contribution is 2.33. The molecule has 0 aromatic heterocycles. The summed E-state index contributed by atoms with van der Waals surface area (Å²) < 4.78 is 28.7. The summed E-state index contributed by atoms with van der Waals surface area (Å²) in [7, 11) is -3.67. The van der Waals surface area contributed by atoms with E-state index in [-0.39, 0.29) is 10.8 Å². The lowest BCUT2D eigenvalue weighted by Gasteiger charge is -2.26. The average Bonchev–Trinajstić information content (AvgIpc) is 2.70. The fourth-order valence-corrected chi connectivity index (χ4v) is 4.25.